The van der Waals surface area contributed by atoms with E-state index >= 15 is 0 Å². The van der Waals surface area contributed by atoms with Crippen molar-refractivity contribution in [1.82, 2.24) is 10.3 Å². The third kappa shape index (κ3) is 5.42. The fourth-order valence-electron chi connectivity index (χ4n) is 1.63. The van der Waals surface area contributed by atoms with Crippen LogP contribution in [0.15, 0.2) is 40.7 Å². The van der Waals surface area contributed by atoms with Crippen molar-refractivity contribution in [2.75, 3.05) is 16.6 Å². The molecular formula is C13H11F3N4O4S2. The molecule has 0 fully saturated rings. The molecule has 1 aromatic carbocycles. The van der Waals surface area contributed by atoms with Gasteiger partial charge in [0.05, 0.1) is 11.4 Å². The van der Waals surface area contributed by atoms with Gasteiger partial charge in [0, 0.05) is 17.3 Å². The maximum Gasteiger partial charge on any atom is 0.471 e. The number of carbonyl (C=O) groups excluding carboxylic acids is 2. The van der Waals surface area contributed by atoms with E-state index in [1.54, 1.807) is 5.38 Å². The van der Waals surface area contributed by atoms with Gasteiger partial charge in [0.25, 0.3) is 10.0 Å². The zero-order valence-corrected chi connectivity index (χ0v) is 14.3. The fourth-order valence-corrected chi connectivity index (χ4v) is 3.42. The monoisotopic (exact) mass is 408 g/mol. The molecule has 0 unspecified atom stereocenters. The number of halogens is 3. The van der Waals surface area contributed by atoms with Crippen LogP contribution in [-0.4, -0.2) is 37.9 Å². The highest BCUT2D eigenvalue weighted by molar-refractivity contribution is 7.93. The summed E-state index contributed by atoms with van der Waals surface area (Å²) in [4.78, 5) is 25.8. The lowest BCUT2D eigenvalue weighted by atomic mass is 10.3. The van der Waals surface area contributed by atoms with Crippen LogP contribution in [0.1, 0.15) is 0 Å². The third-order valence-corrected chi connectivity index (χ3v) is 4.94. The van der Waals surface area contributed by atoms with E-state index in [1.807, 2.05) is 0 Å². The SMILES string of the molecule is O=C(CNC(=O)C(F)(F)F)Nc1ccc(S(=O)(=O)Nc2nccs2)cc1. The Kier molecular flexibility index (Phi) is 5.82. The van der Waals surface area contributed by atoms with E-state index in [9.17, 15) is 31.2 Å². The van der Waals surface area contributed by atoms with Gasteiger partial charge in [0.1, 0.15) is 0 Å². The predicted molar refractivity (Wildman–Crippen MR) is 87.1 cm³/mol. The number of hydrogen-bond donors (Lipinski definition) is 3. The first-order valence-electron chi connectivity index (χ1n) is 6.75. The molecule has 2 rings (SSSR count). The van der Waals surface area contributed by atoms with Crippen molar-refractivity contribution in [3.8, 4) is 0 Å². The van der Waals surface area contributed by atoms with Gasteiger partial charge in [-0.1, -0.05) is 0 Å². The van der Waals surface area contributed by atoms with Crippen LogP contribution in [0.5, 0.6) is 0 Å². The van der Waals surface area contributed by atoms with Gasteiger partial charge < -0.3 is 10.6 Å². The summed E-state index contributed by atoms with van der Waals surface area (Å²) in [7, 11) is -3.86. The Labute approximate surface area is 149 Å². The largest absolute Gasteiger partial charge is 0.471 e. The van der Waals surface area contributed by atoms with Gasteiger partial charge in [-0.25, -0.2) is 13.4 Å². The Hall–Kier alpha value is -2.67. The Balaban J connectivity index is 1.95. The molecule has 13 heteroatoms. The van der Waals surface area contributed by atoms with Crippen LogP contribution in [0.4, 0.5) is 24.0 Å². The molecule has 26 heavy (non-hydrogen) atoms. The topological polar surface area (TPSA) is 117 Å². The highest BCUT2D eigenvalue weighted by Crippen LogP contribution is 2.19. The van der Waals surface area contributed by atoms with E-state index in [2.05, 4.69) is 15.0 Å². The molecule has 0 radical (unpaired) electrons. The number of rotatable bonds is 6. The molecule has 0 saturated heterocycles. The summed E-state index contributed by atoms with van der Waals surface area (Å²) in [5, 5.41) is 5.42. The number of sulfonamides is 1. The van der Waals surface area contributed by atoms with Gasteiger partial charge in [-0.15, -0.1) is 11.3 Å². The van der Waals surface area contributed by atoms with Crippen molar-refractivity contribution in [3.63, 3.8) is 0 Å². The minimum Gasteiger partial charge on any atom is -0.339 e. The molecular weight excluding hydrogens is 397 g/mol. The smallest absolute Gasteiger partial charge is 0.339 e. The average Bonchev–Trinajstić information content (AvgIpc) is 3.04. The number of amides is 2. The Morgan fingerprint density at radius 1 is 1.15 bits per heavy atom. The van der Waals surface area contributed by atoms with Gasteiger partial charge in [-0.05, 0) is 24.3 Å². The van der Waals surface area contributed by atoms with E-state index in [-0.39, 0.29) is 15.7 Å². The fraction of sp³-hybridized carbons (Fsp3) is 0.154. The highest BCUT2D eigenvalue weighted by Gasteiger charge is 2.38. The van der Waals surface area contributed by atoms with Crippen LogP contribution < -0.4 is 15.4 Å². The Bertz CT molecular complexity index is 881. The molecule has 0 aliphatic carbocycles. The van der Waals surface area contributed by atoms with Crippen LogP contribution in [-0.2, 0) is 19.6 Å². The lowest BCUT2D eigenvalue weighted by Gasteiger charge is -2.09. The molecule has 1 aromatic heterocycles. The van der Waals surface area contributed by atoms with Crippen molar-refractivity contribution in [1.29, 1.82) is 0 Å². The van der Waals surface area contributed by atoms with Gasteiger partial charge in [-0.3, -0.25) is 14.3 Å². The van der Waals surface area contributed by atoms with Crippen molar-refractivity contribution < 1.29 is 31.2 Å². The van der Waals surface area contributed by atoms with Gasteiger partial charge in [0.15, 0.2) is 5.13 Å². The van der Waals surface area contributed by atoms with E-state index in [0.717, 1.165) is 11.3 Å². The number of nitrogens with one attached hydrogen (secondary N) is 3. The van der Waals surface area contributed by atoms with Crippen molar-refractivity contribution in [3.05, 3.63) is 35.8 Å². The highest BCUT2D eigenvalue weighted by atomic mass is 32.2. The first-order valence-corrected chi connectivity index (χ1v) is 9.11. The number of nitrogens with zero attached hydrogens (tertiary/aromatic N) is 1. The first-order chi connectivity index (χ1) is 12.1. The molecule has 3 N–H and O–H groups in total. The average molecular weight is 408 g/mol. The summed E-state index contributed by atoms with van der Waals surface area (Å²) in [6.07, 6.45) is -3.65. The molecule has 8 nitrogen and oxygen atoms in total. The normalized spacial score (nSPS) is 11.7. The number of anilines is 2. The molecule has 1 heterocycles. The molecule has 0 saturated carbocycles. The second kappa shape index (κ2) is 7.70. The van der Waals surface area contributed by atoms with Gasteiger partial charge in [0.2, 0.25) is 5.91 Å². The zero-order valence-electron chi connectivity index (χ0n) is 12.7. The van der Waals surface area contributed by atoms with Crippen LogP contribution in [0.25, 0.3) is 0 Å². The molecule has 0 spiro atoms. The van der Waals surface area contributed by atoms with Gasteiger partial charge in [-0.2, -0.15) is 13.2 Å². The summed E-state index contributed by atoms with van der Waals surface area (Å²) in [5.74, 6) is -3.14. The molecule has 140 valence electrons. The van der Waals surface area contributed by atoms with Crippen molar-refractivity contribution in [2.24, 2.45) is 0 Å². The maximum absolute atomic E-state index is 12.1. The molecule has 0 atom stereocenters. The maximum atomic E-state index is 12.1. The van der Waals surface area contributed by atoms with E-state index < -0.39 is 34.6 Å². The van der Waals surface area contributed by atoms with E-state index in [1.165, 1.54) is 35.8 Å². The first kappa shape index (κ1) is 19.7. The molecule has 0 aliphatic heterocycles. The summed E-state index contributed by atoms with van der Waals surface area (Å²) < 4.78 is 62.5. The van der Waals surface area contributed by atoms with E-state index in [4.69, 9.17) is 0 Å². The van der Waals surface area contributed by atoms with Crippen molar-refractivity contribution in [2.45, 2.75) is 11.1 Å². The van der Waals surface area contributed by atoms with Crippen LogP contribution in [0.3, 0.4) is 0 Å². The molecule has 0 bridgehead atoms. The molecule has 0 aliphatic rings. The van der Waals surface area contributed by atoms with Crippen LogP contribution in [0.2, 0.25) is 0 Å². The summed E-state index contributed by atoms with van der Waals surface area (Å²) in [6, 6.07) is 4.89. The lowest BCUT2D eigenvalue weighted by molar-refractivity contribution is -0.173. The quantitative estimate of drug-likeness (QED) is 0.671. The number of aromatic nitrogens is 1. The predicted octanol–water partition coefficient (Wildman–Crippen LogP) is 1.56. The molecule has 2 amide bonds. The lowest BCUT2D eigenvalue weighted by Crippen LogP contribution is -2.41. The second-order valence-electron chi connectivity index (χ2n) is 4.70. The second-order valence-corrected chi connectivity index (χ2v) is 7.27. The van der Waals surface area contributed by atoms with Crippen LogP contribution >= 0.6 is 11.3 Å². The number of carbonyl (C=O) groups is 2. The Morgan fingerprint density at radius 3 is 2.35 bits per heavy atom. The van der Waals surface area contributed by atoms with Crippen LogP contribution in [0, 0.1) is 0 Å². The summed E-state index contributed by atoms with van der Waals surface area (Å²) in [5.41, 5.74) is 0.143. The minimum absolute atomic E-state index is 0.101. The number of hydrogen-bond acceptors (Lipinski definition) is 6. The zero-order chi connectivity index (χ0) is 19.4. The Morgan fingerprint density at radius 2 is 1.81 bits per heavy atom. The van der Waals surface area contributed by atoms with Gasteiger partial charge >= 0.3 is 12.1 Å². The van der Waals surface area contributed by atoms with Crippen molar-refractivity contribution >= 4 is 44.0 Å². The van der Waals surface area contributed by atoms with E-state index in [0.29, 0.717) is 0 Å². The standard InChI is InChI=1S/C13H11F3N4O4S2/c14-13(15,16)11(22)18-7-10(21)19-8-1-3-9(4-2-8)26(23,24)20-12-17-5-6-25-12/h1-6H,7H2,(H,17,20)(H,18,22)(H,19,21). The summed E-state index contributed by atoms with van der Waals surface area (Å²) in [6.45, 7) is -0.885. The number of thiazole rings is 1. The summed E-state index contributed by atoms with van der Waals surface area (Å²) >= 11 is 1.09. The minimum atomic E-state index is -5.08. The number of alkyl halides is 3. The molecule has 2 aromatic rings. The number of benzene rings is 1. The third-order valence-electron chi connectivity index (χ3n) is 2.77.